The van der Waals surface area contributed by atoms with Gasteiger partial charge in [0.2, 0.25) is 0 Å². The maximum Gasteiger partial charge on any atom is 0.120 e. The van der Waals surface area contributed by atoms with Crippen molar-refractivity contribution in [1.82, 2.24) is 0 Å². The van der Waals surface area contributed by atoms with Gasteiger partial charge in [0.25, 0.3) is 0 Å². The Labute approximate surface area is 119 Å². The fraction of sp³-hybridized carbons (Fsp3) is 0.529. The molecule has 1 fully saturated rings. The second kappa shape index (κ2) is 5.96. The lowest BCUT2D eigenvalue weighted by atomic mass is 9.96. The molecule has 2 heteroatoms. The Kier molecular flexibility index (Phi) is 4.07. The summed E-state index contributed by atoms with van der Waals surface area (Å²) in [6, 6.07) is 8.78. The minimum absolute atomic E-state index is 0.914. The standard InChI is InChI=1S/C17H22OS/c1-18-15-9-8-14-11-16(19-17(14)12-15)10-13-6-4-2-3-5-7-13/h8-9,11-13H,2-7,10H2,1H3. The second-order valence-corrected chi connectivity index (χ2v) is 6.85. The van der Waals surface area contributed by atoms with E-state index in [1.165, 1.54) is 55.0 Å². The van der Waals surface area contributed by atoms with Crippen LogP contribution in [0.3, 0.4) is 0 Å². The van der Waals surface area contributed by atoms with Crippen LogP contribution in [-0.4, -0.2) is 7.11 Å². The fourth-order valence-corrected chi connectivity index (χ4v) is 4.35. The molecule has 1 aliphatic carbocycles. The zero-order valence-electron chi connectivity index (χ0n) is 11.7. The highest BCUT2D eigenvalue weighted by molar-refractivity contribution is 7.19. The van der Waals surface area contributed by atoms with E-state index in [-0.39, 0.29) is 0 Å². The molecular weight excluding hydrogens is 252 g/mol. The predicted molar refractivity (Wildman–Crippen MR) is 83.3 cm³/mol. The van der Waals surface area contributed by atoms with E-state index in [9.17, 15) is 0 Å². The minimum atomic E-state index is 0.914. The first-order chi connectivity index (χ1) is 9.35. The second-order valence-electron chi connectivity index (χ2n) is 5.68. The van der Waals surface area contributed by atoms with Crippen molar-refractivity contribution >= 4 is 21.4 Å². The third kappa shape index (κ3) is 3.11. The summed E-state index contributed by atoms with van der Waals surface area (Å²) in [5, 5.41) is 1.37. The number of benzene rings is 1. The zero-order chi connectivity index (χ0) is 13.1. The molecule has 0 saturated heterocycles. The number of hydrogen-bond donors (Lipinski definition) is 0. The van der Waals surface area contributed by atoms with Crippen LogP contribution in [0.4, 0.5) is 0 Å². The SMILES string of the molecule is COc1ccc2cc(CC3CCCCCC3)sc2c1. The molecule has 0 unspecified atom stereocenters. The molecule has 1 nitrogen and oxygen atoms in total. The van der Waals surface area contributed by atoms with Crippen LogP contribution in [0.5, 0.6) is 5.75 Å². The molecule has 1 aromatic carbocycles. The van der Waals surface area contributed by atoms with Crippen molar-refractivity contribution < 1.29 is 4.74 Å². The minimum Gasteiger partial charge on any atom is -0.497 e. The molecule has 0 N–H and O–H groups in total. The molecule has 0 spiro atoms. The molecule has 0 bridgehead atoms. The van der Waals surface area contributed by atoms with Gasteiger partial charge in [-0.3, -0.25) is 0 Å². The van der Waals surface area contributed by atoms with E-state index in [1.807, 2.05) is 11.3 Å². The molecule has 1 heterocycles. The average molecular weight is 274 g/mol. The number of ether oxygens (including phenoxy) is 1. The molecule has 2 aromatic rings. The largest absolute Gasteiger partial charge is 0.497 e. The molecule has 0 amide bonds. The van der Waals surface area contributed by atoms with E-state index in [1.54, 1.807) is 12.0 Å². The Morgan fingerprint density at radius 2 is 1.89 bits per heavy atom. The smallest absolute Gasteiger partial charge is 0.120 e. The quantitative estimate of drug-likeness (QED) is 0.679. The first-order valence-corrected chi connectivity index (χ1v) is 8.23. The van der Waals surface area contributed by atoms with Crippen molar-refractivity contribution in [2.75, 3.05) is 7.11 Å². The van der Waals surface area contributed by atoms with Gasteiger partial charge in [-0.15, -0.1) is 11.3 Å². The van der Waals surface area contributed by atoms with Gasteiger partial charge in [0.1, 0.15) is 5.75 Å². The van der Waals surface area contributed by atoms with Crippen LogP contribution in [0, 0.1) is 5.92 Å². The molecule has 1 aliphatic rings. The van der Waals surface area contributed by atoms with Crippen LogP contribution in [0.15, 0.2) is 24.3 Å². The normalized spacial score (nSPS) is 17.5. The number of hydrogen-bond acceptors (Lipinski definition) is 2. The van der Waals surface area contributed by atoms with Gasteiger partial charge >= 0.3 is 0 Å². The third-order valence-electron chi connectivity index (χ3n) is 4.24. The Bertz CT molecular complexity index is 535. The van der Waals surface area contributed by atoms with Crippen LogP contribution in [0.1, 0.15) is 43.4 Å². The fourth-order valence-electron chi connectivity index (χ4n) is 3.15. The highest BCUT2D eigenvalue weighted by Crippen LogP contribution is 2.33. The molecular formula is C17H22OS. The van der Waals surface area contributed by atoms with Crippen molar-refractivity contribution in [2.24, 2.45) is 5.92 Å². The highest BCUT2D eigenvalue weighted by Gasteiger charge is 2.14. The summed E-state index contributed by atoms with van der Waals surface area (Å²) < 4.78 is 6.67. The number of methoxy groups -OCH3 is 1. The Morgan fingerprint density at radius 3 is 2.63 bits per heavy atom. The molecule has 3 rings (SSSR count). The van der Waals surface area contributed by atoms with Gasteiger partial charge in [0.15, 0.2) is 0 Å². The lowest BCUT2D eigenvalue weighted by molar-refractivity contribution is 0.415. The maximum absolute atomic E-state index is 5.30. The van der Waals surface area contributed by atoms with Crippen molar-refractivity contribution in [3.05, 3.63) is 29.1 Å². The Hall–Kier alpha value is -1.02. The van der Waals surface area contributed by atoms with E-state index >= 15 is 0 Å². The van der Waals surface area contributed by atoms with Crippen LogP contribution >= 0.6 is 11.3 Å². The van der Waals surface area contributed by atoms with E-state index in [0.717, 1.165) is 11.7 Å². The van der Waals surface area contributed by atoms with Crippen molar-refractivity contribution in [1.29, 1.82) is 0 Å². The van der Waals surface area contributed by atoms with Gasteiger partial charge in [-0.2, -0.15) is 0 Å². The lowest BCUT2D eigenvalue weighted by Crippen LogP contribution is -2.01. The predicted octanol–water partition coefficient (Wildman–Crippen LogP) is 5.42. The first kappa shape index (κ1) is 13.0. The summed E-state index contributed by atoms with van der Waals surface area (Å²) in [7, 11) is 1.74. The summed E-state index contributed by atoms with van der Waals surface area (Å²) in [6.45, 7) is 0. The number of thiophene rings is 1. The van der Waals surface area contributed by atoms with Gasteiger partial charge in [-0.25, -0.2) is 0 Å². The molecule has 102 valence electrons. The molecule has 1 saturated carbocycles. The van der Waals surface area contributed by atoms with Crippen LogP contribution in [0.25, 0.3) is 10.1 Å². The summed E-state index contributed by atoms with van der Waals surface area (Å²) in [5.41, 5.74) is 0. The molecule has 0 radical (unpaired) electrons. The van der Waals surface area contributed by atoms with E-state index in [0.29, 0.717) is 0 Å². The highest BCUT2D eigenvalue weighted by atomic mass is 32.1. The van der Waals surface area contributed by atoms with E-state index < -0.39 is 0 Å². The molecule has 0 atom stereocenters. The maximum atomic E-state index is 5.30. The summed E-state index contributed by atoms with van der Waals surface area (Å²) in [5.74, 6) is 1.88. The molecule has 19 heavy (non-hydrogen) atoms. The van der Waals surface area contributed by atoms with Crippen molar-refractivity contribution in [2.45, 2.75) is 44.9 Å². The summed E-state index contributed by atoms with van der Waals surface area (Å²) >= 11 is 1.95. The zero-order valence-corrected chi connectivity index (χ0v) is 12.5. The van der Waals surface area contributed by atoms with Crippen molar-refractivity contribution in [3.63, 3.8) is 0 Å². The van der Waals surface area contributed by atoms with E-state index in [4.69, 9.17) is 4.74 Å². The third-order valence-corrected chi connectivity index (χ3v) is 5.36. The molecule has 0 aliphatic heterocycles. The van der Waals surface area contributed by atoms with Crippen LogP contribution in [-0.2, 0) is 6.42 Å². The summed E-state index contributed by atoms with van der Waals surface area (Å²) in [4.78, 5) is 1.55. The molecule has 1 aromatic heterocycles. The average Bonchev–Trinajstić information content (AvgIpc) is 2.64. The van der Waals surface area contributed by atoms with Gasteiger partial charge < -0.3 is 4.74 Å². The van der Waals surface area contributed by atoms with Gasteiger partial charge in [-0.05, 0) is 42.0 Å². The van der Waals surface area contributed by atoms with Crippen molar-refractivity contribution in [3.8, 4) is 5.75 Å². The number of fused-ring (bicyclic) bond motifs is 1. The topological polar surface area (TPSA) is 9.23 Å². The van der Waals surface area contributed by atoms with Crippen LogP contribution < -0.4 is 4.74 Å². The Morgan fingerprint density at radius 1 is 1.11 bits per heavy atom. The van der Waals surface area contributed by atoms with Crippen LogP contribution in [0.2, 0.25) is 0 Å². The van der Waals surface area contributed by atoms with E-state index in [2.05, 4.69) is 24.3 Å². The Balaban J connectivity index is 1.76. The summed E-state index contributed by atoms with van der Waals surface area (Å²) in [6.07, 6.45) is 9.89. The first-order valence-electron chi connectivity index (χ1n) is 7.41. The number of rotatable bonds is 3. The monoisotopic (exact) mass is 274 g/mol. The van der Waals surface area contributed by atoms with Gasteiger partial charge in [0, 0.05) is 9.58 Å². The van der Waals surface area contributed by atoms with Gasteiger partial charge in [0.05, 0.1) is 7.11 Å². The lowest BCUT2D eigenvalue weighted by Gasteiger charge is -2.11. The van der Waals surface area contributed by atoms with Gasteiger partial charge in [-0.1, -0.05) is 38.5 Å².